The van der Waals surface area contributed by atoms with Crippen molar-refractivity contribution < 1.29 is 0 Å². The third-order valence-electron chi connectivity index (χ3n) is 8.52. The Morgan fingerprint density at radius 2 is 1.21 bits per heavy atom. The summed E-state index contributed by atoms with van der Waals surface area (Å²) in [4.78, 5) is 0. The molecule has 3 aliphatic rings. The van der Waals surface area contributed by atoms with E-state index < -0.39 is 0 Å². The standard InChI is InChI=1S/C28H37N/c1-4-10-22(11-5-1)23-16-19-28(20-17-23)21-18-26(24-12-6-2-7-13-24)27(28)29-25-14-8-3-9-15-25/h1-2,4-7,10-13,23,25-27,29H,3,8-9,14-21H2/t23?,26-,27-,28?/m0/s1. The highest BCUT2D eigenvalue weighted by Crippen LogP contribution is 2.56. The van der Waals surface area contributed by atoms with Crippen LogP contribution in [0.15, 0.2) is 60.7 Å². The Hall–Kier alpha value is -1.60. The molecule has 1 heteroatoms. The fourth-order valence-corrected chi connectivity index (χ4v) is 6.88. The van der Waals surface area contributed by atoms with Gasteiger partial charge in [-0.05, 0) is 79.7 Å². The van der Waals surface area contributed by atoms with Gasteiger partial charge < -0.3 is 5.32 Å². The topological polar surface area (TPSA) is 12.0 Å². The summed E-state index contributed by atoms with van der Waals surface area (Å²) in [5.41, 5.74) is 3.66. The maximum atomic E-state index is 4.28. The van der Waals surface area contributed by atoms with Crippen LogP contribution < -0.4 is 5.32 Å². The molecule has 3 fully saturated rings. The average molecular weight is 388 g/mol. The fraction of sp³-hybridized carbons (Fsp3) is 0.571. The Labute approximate surface area is 177 Å². The highest BCUT2D eigenvalue weighted by atomic mass is 15.0. The van der Waals surface area contributed by atoms with E-state index in [0.717, 1.165) is 12.0 Å². The minimum Gasteiger partial charge on any atom is -0.310 e. The lowest BCUT2D eigenvalue weighted by Crippen LogP contribution is -2.50. The van der Waals surface area contributed by atoms with Gasteiger partial charge in [0.1, 0.15) is 0 Å². The number of hydrogen-bond donors (Lipinski definition) is 1. The van der Waals surface area contributed by atoms with Gasteiger partial charge in [-0.15, -0.1) is 0 Å². The van der Waals surface area contributed by atoms with Crippen molar-refractivity contribution in [3.05, 3.63) is 71.8 Å². The zero-order chi connectivity index (χ0) is 19.5. The maximum Gasteiger partial charge on any atom is 0.0195 e. The smallest absolute Gasteiger partial charge is 0.0195 e. The molecule has 154 valence electrons. The molecule has 0 aromatic heterocycles. The second kappa shape index (κ2) is 8.64. The predicted octanol–water partition coefficient (Wildman–Crippen LogP) is 7.20. The molecular formula is C28H37N. The molecule has 0 saturated heterocycles. The van der Waals surface area contributed by atoms with Crippen molar-refractivity contribution in [2.24, 2.45) is 5.41 Å². The van der Waals surface area contributed by atoms with Crippen LogP contribution in [0.1, 0.15) is 93.6 Å². The van der Waals surface area contributed by atoms with Crippen molar-refractivity contribution in [3.8, 4) is 0 Å². The van der Waals surface area contributed by atoms with Gasteiger partial charge in [0.15, 0.2) is 0 Å². The average Bonchev–Trinajstić information content (AvgIpc) is 3.13. The van der Waals surface area contributed by atoms with E-state index in [1.807, 2.05) is 0 Å². The van der Waals surface area contributed by atoms with Crippen LogP contribution in [0.2, 0.25) is 0 Å². The van der Waals surface area contributed by atoms with Gasteiger partial charge in [-0.1, -0.05) is 79.9 Å². The minimum absolute atomic E-state index is 0.517. The molecule has 0 amide bonds. The first-order valence-corrected chi connectivity index (χ1v) is 12.2. The number of nitrogens with one attached hydrogen (secondary N) is 1. The number of rotatable bonds is 4. The van der Waals surface area contributed by atoms with Gasteiger partial charge in [-0.25, -0.2) is 0 Å². The third kappa shape index (κ3) is 4.04. The molecule has 29 heavy (non-hydrogen) atoms. The van der Waals surface area contributed by atoms with Gasteiger partial charge in [0, 0.05) is 12.1 Å². The Balaban J connectivity index is 1.36. The van der Waals surface area contributed by atoms with E-state index in [1.165, 1.54) is 70.6 Å². The van der Waals surface area contributed by atoms with Gasteiger partial charge in [0.05, 0.1) is 0 Å². The summed E-state index contributed by atoms with van der Waals surface area (Å²) in [7, 11) is 0. The van der Waals surface area contributed by atoms with Crippen molar-refractivity contribution in [1.82, 2.24) is 5.32 Å². The van der Waals surface area contributed by atoms with Crippen LogP contribution in [0.3, 0.4) is 0 Å². The molecule has 0 aliphatic heterocycles. The molecule has 0 bridgehead atoms. The Morgan fingerprint density at radius 3 is 1.86 bits per heavy atom. The Bertz CT molecular complexity index is 753. The highest BCUT2D eigenvalue weighted by Gasteiger charge is 2.50. The highest BCUT2D eigenvalue weighted by molar-refractivity contribution is 5.27. The maximum absolute atomic E-state index is 4.28. The van der Waals surface area contributed by atoms with Gasteiger partial charge in [-0.3, -0.25) is 0 Å². The van der Waals surface area contributed by atoms with Crippen LogP contribution in [-0.2, 0) is 0 Å². The largest absolute Gasteiger partial charge is 0.310 e. The van der Waals surface area contributed by atoms with E-state index >= 15 is 0 Å². The van der Waals surface area contributed by atoms with Crippen LogP contribution in [0.5, 0.6) is 0 Å². The molecule has 1 nitrogen and oxygen atoms in total. The van der Waals surface area contributed by atoms with E-state index in [0.29, 0.717) is 17.4 Å². The minimum atomic E-state index is 0.517. The summed E-state index contributed by atoms with van der Waals surface area (Å²) in [5.74, 6) is 1.47. The summed E-state index contributed by atoms with van der Waals surface area (Å²) < 4.78 is 0. The van der Waals surface area contributed by atoms with E-state index in [-0.39, 0.29) is 0 Å². The predicted molar refractivity (Wildman–Crippen MR) is 122 cm³/mol. The molecule has 2 aromatic rings. The normalized spacial score (nSPS) is 33.2. The summed E-state index contributed by atoms with van der Waals surface area (Å²) in [5, 5.41) is 4.28. The lowest BCUT2D eigenvalue weighted by molar-refractivity contribution is 0.120. The summed E-state index contributed by atoms with van der Waals surface area (Å²) >= 11 is 0. The summed E-state index contributed by atoms with van der Waals surface area (Å²) in [6.07, 6.45) is 15.4. The SMILES string of the molecule is c1ccc(C2CCC3(CC2)CC[C@@H](c2ccccc2)[C@@H]3NC2CCCCC2)cc1. The number of hydrogen-bond acceptors (Lipinski definition) is 1. The monoisotopic (exact) mass is 387 g/mol. The molecule has 0 heterocycles. The molecule has 2 atom stereocenters. The lowest BCUT2D eigenvalue weighted by atomic mass is 9.65. The van der Waals surface area contributed by atoms with Crippen LogP contribution >= 0.6 is 0 Å². The summed E-state index contributed by atoms with van der Waals surface area (Å²) in [6, 6.07) is 24.1. The van der Waals surface area contributed by atoms with E-state index in [9.17, 15) is 0 Å². The molecule has 3 aliphatic carbocycles. The molecule has 1 N–H and O–H groups in total. The molecule has 2 aromatic carbocycles. The quantitative estimate of drug-likeness (QED) is 0.585. The zero-order valence-electron chi connectivity index (χ0n) is 17.9. The van der Waals surface area contributed by atoms with E-state index in [1.54, 1.807) is 11.1 Å². The summed E-state index contributed by atoms with van der Waals surface area (Å²) in [6.45, 7) is 0. The van der Waals surface area contributed by atoms with Gasteiger partial charge in [0.25, 0.3) is 0 Å². The van der Waals surface area contributed by atoms with E-state index in [4.69, 9.17) is 0 Å². The molecule has 3 saturated carbocycles. The van der Waals surface area contributed by atoms with Crippen molar-refractivity contribution in [1.29, 1.82) is 0 Å². The van der Waals surface area contributed by atoms with E-state index in [2.05, 4.69) is 66.0 Å². The number of benzene rings is 2. The molecule has 5 rings (SSSR count). The first kappa shape index (κ1) is 19.4. The van der Waals surface area contributed by atoms with Crippen molar-refractivity contribution in [2.45, 2.75) is 94.5 Å². The second-order valence-electron chi connectivity index (χ2n) is 10.1. The molecule has 0 radical (unpaired) electrons. The van der Waals surface area contributed by atoms with Crippen LogP contribution in [0.4, 0.5) is 0 Å². The second-order valence-corrected chi connectivity index (χ2v) is 10.1. The van der Waals surface area contributed by atoms with Crippen molar-refractivity contribution in [3.63, 3.8) is 0 Å². The molecular weight excluding hydrogens is 350 g/mol. The van der Waals surface area contributed by atoms with Crippen LogP contribution in [-0.4, -0.2) is 12.1 Å². The Kier molecular flexibility index (Phi) is 5.77. The first-order chi connectivity index (χ1) is 14.3. The van der Waals surface area contributed by atoms with Crippen LogP contribution in [0, 0.1) is 5.41 Å². The lowest BCUT2D eigenvalue weighted by Gasteiger charge is -2.45. The molecule has 0 unspecified atom stereocenters. The zero-order valence-corrected chi connectivity index (χ0v) is 17.9. The Morgan fingerprint density at radius 1 is 0.621 bits per heavy atom. The fourth-order valence-electron chi connectivity index (χ4n) is 6.88. The van der Waals surface area contributed by atoms with Crippen molar-refractivity contribution in [2.75, 3.05) is 0 Å². The van der Waals surface area contributed by atoms with Gasteiger partial charge in [-0.2, -0.15) is 0 Å². The van der Waals surface area contributed by atoms with Gasteiger partial charge >= 0.3 is 0 Å². The first-order valence-electron chi connectivity index (χ1n) is 12.2. The molecule has 1 spiro atoms. The third-order valence-corrected chi connectivity index (χ3v) is 8.52. The van der Waals surface area contributed by atoms with Crippen molar-refractivity contribution >= 4 is 0 Å². The van der Waals surface area contributed by atoms with Gasteiger partial charge in [0.2, 0.25) is 0 Å². The van der Waals surface area contributed by atoms with Crippen LogP contribution in [0.25, 0.3) is 0 Å².